The molecule has 0 radical (unpaired) electrons. The van der Waals surface area contributed by atoms with E-state index in [2.05, 4.69) is 5.32 Å². The third kappa shape index (κ3) is 5.15. The minimum Gasteiger partial charge on any atom is -0.340 e. The standard InChI is InChI=1S/C22H22ClFN2O3S2/c1-14(2)26(3)31(28,29)17-10-11-19(23)18(13-17)22(27)25-21(20-5-4-12-30-20)15-6-8-16(24)9-7-15/h4-14,21H,1-3H3,(H,25,27). The van der Waals surface area contributed by atoms with Crippen molar-refractivity contribution in [2.45, 2.75) is 30.8 Å². The van der Waals surface area contributed by atoms with Crippen LogP contribution < -0.4 is 5.32 Å². The van der Waals surface area contributed by atoms with Gasteiger partial charge >= 0.3 is 0 Å². The zero-order valence-electron chi connectivity index (χ0n) is 17.2. The molecule has 0 aliphatic heterocycles. The molecule has 3 aromatic rings. The van der Waals surface area contributed by atoms with Crippen LogP contribution in [0.15, 0.2) is 64.9 Å². The summed E-state index contributed by atoms with van der Waals surface area (Å²) in [6.45, 7) is 3.52. The smallest absolute Gasteiger partial charge is 0.253 e. The fourth-order valence-electron chi connectivity index (χ4n) is 2.92. The summed E-state index contributed by atoms with van der Waals surface area (Å²) in [5, 5.41) is 4.91. The lowest BCUT2D eigenvalue weighted by atomic mass is 10.0. The Morgan fingerprint density at radius 1 is 1.13 bits per heavy atom. The first kappa shape index (κ1) is 23.4. The largest absolute Gasteiger partial charge is 0.340 e. The molecule has 1 amide bonds. The molecule has 0 saturated carbocycles. The number of carbonyl (C=O) groups is 1. The van der Waals surface area contributed by atoms with E-state index in [1.54, 1.807) is 26.0 Å². The highest BCUT2D eigenvalue weighted by atomic mass is 35.5. The molecule has 31 heavy (non-hydrogen) atoms. The summed E-state index contributed by atoms with van der Waals surface area (Å²) in [6, 6.07) is 12.8. The van der Waals surface area contributed by atoms with Gasteiger partial charge < -0.3 is 5.32 Å². The Kier molecular flexibility index (Phi) is 7.16. The Morgan fingerprint density at radius 2 is 1.81 bits per heavy atom. The third-order valence-corrected chi connectivity index (χ3v) is 8.19. The van der Waals surface area contributed by atoms with Crippen LogP contribution in [0, 0.1) is 5.82 Å². The molecule has 3 rings (SSSR count). The SMILES string of the molecule is CC(C)N(C)S(=O)(=O)c1ccc(Cl)c(C(=O)NC(c2ccc(F)cc2)c2cccs2)c1. The molecule has 0 aliphatic carbocycles. The Hall–Kier alpha value is -2.26. The van der Waals surface area contributed by atoms with Gasteiger partial charge in [0, 0.05) is 18.0 Å². The summed E-state index contributed by atoms with van der Waals surface area (Å²) in [7, 11) is -2.30. The third-order valence-electron chi connectivity index (χ3n) is 4.89. The molecule has 1 heterocycles. The van der Waals surface area contributed by atoms with Gasteiger partial charge in [0.05, 0.1) is 21.5 Å². The van der Waals surface area contributed by atoms with Gasteiger partial charge in [0.1, 0.15) is 5.82 Å². The first-order valence-electron chi connectivity index (χ1n) is 9.48. The molecule has 1 atom stereocenters. The number of hydrogen-bond acceptors (Lipinski definition) is 4. The first-order chi connectivity index (χ1) is 14.6. The van der Waals surface area contributed by atoms with Crippen molar-refractivity contribution in [2.24, 2.45) is 0 Å². The van der Waals surface area contributed by atoms with Crippen molar-refractivity contribution in [3.63, 3.8) is 0 Å². The zero-order valence-corrected chi connectivity index (χ0v) is 19.6. The van der Waals surface area contributed by atoms with E-state index >= 15 is 0 Å². The fraction of sp³-hybridized carbons (Fsp3) is 0.227. The Bertz CT molecular complexity index is 1160. The highest BCUT2D eigenvalue weighted by Gasteiger charge is 2.26. The van der Waals surface area contributed by atoms with Crippen molar-refractivity contribution in [3.05, 3.63) is 86.8 Å². The topological polar surface area (TPSA) is 66.5 Å². The van der Waals surface area contributed by atoms with E-state index in [0.717, 1.165) is 4.88 Å². The van der Waals surface area contributed by atoms with Crippen molar-refractivity contribution in [3.8, 4) is 0 Å². The number of nitrogens with zero attached hydrogens (tertiary/aromatic N) is 1. The van der Waals surface area contributed by atoms with Crippen LogP contribution in [0.4, 0.5) is 4.39 Å². The molecule has 5 nitrogen and oxygen atoms in total. The number of nitrogens with one attached hydrogen (secondary N) is 1. The van der Waals surface area contributed by atoms with E-state index in [9.17, 15) is 17.6 Å². The highest BCUT2D eigenvalue weighted by molar-refractivity contribution is 7.89. The summed E-state index contributed by atoms with van der Waals surface area (Å²) in [4.78, 5) is 13.9. The minimum atomic E-state index is -3.78. The minimum absolute atomic E-state index is 0.0206. The molecule has 0 saturated heterocycles. The van der Waals surface area contributed by atoms with Gasteiger partial charge in [0.25, 0.3) is 5.91 Å². The zero-order chi connectivity index (χ0) is 22.8. The van der Waals surface area contributed by atoms with Crippen molar-refractivity contribution in [2.75, 3.05) is 7.05 Å². The number of halogens is 2. The summed E-state index contributed by atoms with van der Waals surface area (Å²) in [6.07, 6.45) is 0. The summed E-state index contributed by atoms with van der Waals surface area (Å²) in [5.74, 6) is -0.910. The van der Waals surface area contributed by atoms with Crippen molar-refractivity contribution >= 4 is 38.9 Å². The summed E-state index contributed by atoms with van der Waals surface area (Å²) >= 11 is 7.68. The van der Waals surface area contributed by atoms with Crippen LogP contribution in [0.3, 0.4) is 0 Å². The van der Waals surface area contributed by atoms with Gasteiger partial charge in [-0.15, -0.1) is 11.3 Å². The van der Waals surface area contributed by atoms with E-state index < -0.39 is 22.0 Å². The molecule has 9 heteroatoms. The highest BCUT2D eigenvalue weighted by Crippen LogP contribution is 2.28. The molecule has 0 bridgehead atoms. The summed E-state index contributed by atoms with van der Waals surface area (Å²) < 4.78 is 40.3. The van der Waals surface area contributed by atoms with Gasteiger partial charge in [0.2, 0.25) is 10.0 Å². The monoisotopic (exact) mass is 480 g/mol. The average molecular weight is 481 g/mol. The van der Waals surface area contributed by atoms with Crippen LogP contribution in [0.2, 0.25) is 5.02 Å². The van der Waals surface area contributed by atoms with E-state index in [-0.39, 0.29) is 27.3 Å². The lowest BCUT2D eigenvalue weighted by Gasteiger charge is -2.22. The van der Waals surface area contributed by atoms with Crippen molar-refractivity contribution in [1.82, 2.24) is 9.62 Å². The fourth-order valence-corrected chi connectivity index (χ4v) is 5.32. The number of carbonyl (C=O) groups excluding carboxylic acids is 1. The molecule has 164 valence electrons. The molecule has 0 fully saturated rings. The van der Waals surface area contributed by atoms with Gasteiger partial charge in [-0.25, -0.2) is 12.8 Å². The van der Waals surface area contributed by atoms with Crippen LogP contribution in [-0.4, -0.2) is 31.7 Å². The Morgan fingerprint density at radius 3 is 2.39 bits per heavy atom. The molecular formula is C22H22ClFN2O3S2. The van der Waals surface area contributed by atoms with Crippen LogP contribution in [0.25, 0.3) is 0 Å². The molecule has 1 unspecified atom stereocenters. The summed E-state index contributed by atoms with van der Waals surface area (Å²) in [5.41, 5.74) is 0.736. The number of amides is 1. The lowest BCUT2D eigenvalue weighted by Crippen LogP contribution is -2.33. The first-order valence-corrected chi connectivity index (χ1v) is 12.2. The Balaban J connectivity index is 1.97. The second-order valence-corrected chi connectivity index (χ2v) is 10.6. The van der Waals surface area contributed by atoms with E-state index in [1.807, 2.05) is 17.5 Å². The predicted molar refractivity (Wildman–Crippen MR) is 122 cm³/mol. The van der Waals surface area contributed by atoms with E-state index in [4.69, 9.17) is 11.6 Å². The molecule has 0 aliphatic rings. The average Bonchev–Trinajstić information content (AvgIpc) is 3.26. The molecule has 1 N–H and O–H groups in total. The molecule has 0 spiro atoms. The van der Waals surface area contributed by atoms with Crippen LogP contribution in [0.5, 0.6) is 0 Å². The second kappa shape index (κ2) is 9.48. The normalized spacial score (nSPS) is 12.9. The van der Waals surface area contributed by atoms with Crippen molar-refractivity contribution in [1.29, 1.82) is 0 Å². The van der Waals surface area contributed by atoms with Gasteiger partial charge in [-0.3, -0.25) is 4.79 Å². The van der Waals surface area contributed by atoms with Crippen LogP contribution >= 0.6 is 22.9 Å². The van der Waals surface area contributed by atoms with Gasteiger partial charge in [-0.05, 0) is 61.2 Å². The predicted octanol–water partition coefficient (Wildman–Crippen LogP) is 5.09. The van der Waals surface area contributed by atoms with Crippen molar-refractivity contribution < 1.29 is 17.6 Å². The van der Waals surface area contributed by atoms with Crippen LogP contribution in [-0.2, 0) is 10.0 Å². The maximum Gasteiger partial charge on any atom is 0.253 e. The number of thiophene rings is 1. The van der Waals surface area contributed by atoms with E-state index in [0.29, 0.717) is 5.56 Å². The Labute approximate surface area is 190 Å². The van der Waals surface area contributed by atoms with Gasteiger partial charge in [0.15, 0.2) is 0 Å². The molecule has 1 aromatic heterocycles. The van der Waals surface area contributed by atoms with Crippen LogP contribution in [0.1, 0.15) is 40.7 Å². The number of hydrogen-bond donors (Lipinski definition) is 1. The maximum atomic E-state index is 13.4. The number of benzene rings is 2. The second-order valence-electron chi connectivity index (χ2n) is 7.23. The quantitative estimate of drug-likeness (QED) is 0.512. The maximum absolute atomic E-state index is 13.4. The molecular weight excluding hydrogens is 459 g/mol. The van der Waals surface area contributed by atoms with Gasteiger partial charge in [-0.1, -0.05) is 29.8 Å². The molecule has 2 aromatic carbocycles. The number of sulfonamides is 1. The number of rotatable bonds is 7. The van der Waals surface area contributed by atoms with Gasteiger partial charge in [-0.2, -0.15) is 4.31 Å². The van der Waals surface area contributed by atoms with E-state index in [1.165, 1.54) is 53.0 Å². The lowest BCUT2D eigenvalue weighted by molar-refractivity contribution is 0.0943.